The average molecular weight is 448 g/mol. The average Bonchev–Trinajstić information content (AvgIpc) is 3.25. The molecule has 1 atom stereocenters. The first-order valence-corrected chi connectivity index (χ1v) is 11.7. The number of sulfonamides is 1. The highest BCUT2D eigenvalue weighted by atomic mass is 32.2. The van der Waals surface area contributed by atoms with Crippen molar-refractivity contribution in [3.05, 3.63) is 46.7 Å². The Bertz CT molecular complexity index is 1140. The lowest BCUT2D eigenvalue weighted by Crippen LogP contribution is -2.35. The van der Waals surface area contributed by atoms with Gasteiger partial charge < -0.3 is 10.2 Å². The Kier molecular flexibility index (Phi) is 5.69. The maximum Gasteiger partial charge on any atom is 0.243 e. The second kappa shape index (κ2) is 8.16. The third-order valence-electron chi connectivity index (χ3n) is 6.06. The monoisotopic (exact) mass is 447 g/mol. The first-order chi connectivity index (χ1) is 14.7. The van der Waals surface area contributed by atoms with Crippen molar-refractivity contribution in [3.63, 3.8) is 0 Å². The Morgan fingerprint density at radius 1 is 1.26 bits per heavy atom. The lowest BCUT2D eigenvalue weighted by molar-refractivity contribution is -0.129. The van der Waals surface area contributed by atoms with E-state index < -0.39 is 15.8 Å². The van der Waals surface area contributed by atoms with E-state index in [0.717, 1.165) is 23.1 Å². The van der Waals surface area contributed by atoms with Gasteiger partial charge in [-0.3, -0.25) is 4.79 Å². The maximum atomic E-state index is 13.9. The minimum absolute atomic E-state index is 0.000264. The Hall–Kier alpha value is -2.59. The molecule has 166 valence electrons. The molecule has 0 saturated carbocycles. The number of hydrogen-bond acceptors (Lipinski definition) is 6. The SMILES string of the molecule is CNc1nc([C@@H]2CCN(S(=O)(=O)c3ccc(C)c(F)c3)C2)nc2c1CCN(C(C)=O)C2. The van der Waals surface area contributed by atoms with Gasteiger partial charge in [-0.1, -0.05) is 6.07 Å². The van der Waals surface area contributed by atoms with Gasteiger partial charge in [0.1, 0.15) is 17.5 Å². The van der Waals surface area contributed by atoms with Crippen LogP contribution >= 0.6 is 0 Å². The van der Waals surface area contributed by atoms with Crippen molar-refractivity contribution in [1.29, 1.82) is 0 Å². The van der Waals surface area contributed by atoms with Crippen molar-refractivity contribution in [2.24, 2.45) is 0 Å². The van der Waals surface area contributed by atoms with Crippen molar-refractivity contribution in [2.45, 2.75) is 44.0 Å². The summed E-state index contributed by atoms with van der Waals surface area (Å²) >= 11 is 0. The van der Waals surface area contributed by atoms with Crippen LogP contribution in [-0.2, 0) is 27.8 Å². The molecule has 8 nitrogen and oxygen atoms in total. The molecule has 4 rings (SSSR count). The molecule has 0 unspecified atom stereocenters. The summed E-state index contributed by atoms with van der Waals surface area (Å²) in [7, 11) is -2.01. The maximum absolute atomic E-state index is 13.9. The molecule has 0 radical (unpaired) electrons. The van der Waals surface area contributed by atoms with E-state index >= 15 is 0 Å². The van der Waals surface area contributed by atoms with Crippen LogP contribution in [-0.4, -0.2) is 60.2 Å². The number of fused-ring (bicyclic) bond motifs is 1. The van der Waals surface area contributed by atoms with Crippen LogP contribution in [0.25, 0.3) is 0 Å². The molecule has 2 aromatic rings. The summed E-state index contributed by atoms with van der Waals surface area (Å²) in [4.78, 5) is 22.9. The Labute approximate surface area is 181 Å². The van der Waals surface area contributed by atoms with E-state index in [1.54, 1.807) is 25.8 Å². The smallest absolute Gasteiger partial charge is 0.243 e. The molecule has 1 aromatic carbocycles. The lowest BCUT2D eigenvalue weighted by Gasteiger charge is -2.29. The van der Waals surface area contributed by atoms with Crippen LogP contribution in [0.3, 0.4) is 0 Å². The van der Waals surface area contributed by atoms with Crippen LogP contribution in [0, 0.1) is 12.7 Å². The second-order valence-electron chi connectivity index (χ2n) is 8.06. The summed E-state index contributed by atoms with van der Waals surface area (Å²) < 4.78 is 41.3. The Balaban J connectivity index is 1.60. The highest BCUT2D eigenvalue weighted by Crippen LogP contribution is 2.32. The number of carbonyl (C=O) groups excluding carboxylic acids is 1. The Morgan fingerprint density at radius 2 is 2.03 bits per heavy atom. The second-order valence-corrected chi connectivity index (χ2v) is 9.99. The molecule has 1 amide bonds. The fourth-order valence-corrected chi connectivity index (χ4v) is 5.66. The number of amides is 1. The van der Waals surface area contributed by atoms with Crippen LogP contribution in [0.1, 0.15) is 41.9 Å². The summed E-state index contributed by atoms with van der Waals surface area (Å²) in [5, 5.41) is 3.11. The van der Waals surface area contributed by atoms with Gasteiger partial charge in [-0.05, 0) is 37.5 Å². The number of carbonyl (C=O) groups is 1. The molecule has 0 bridgehead atoms. The van der Waals surface area contributed by atoms with Crippen molar-refractivity contribution in [3.8, 4) is 0 Å². The summed E-state index contributed by atoms with van der Waals surface area (Å²) in [6.45, 7) is 4.74. The molecular formula is C21H26FN5O3S. The van der Waals surface area contributed by atoms with Gasteiger partial charge >= 0.3 is 0 Å². The predicted octanol–water partition coefficient (Wildman–Crippen LogP) is 2.05. The molecule has 2 aliphatic rings. The molecule has 1 fully saturated rings. The normalized spacial score (nSPS) is 19.4. The minimum atomic E-state index is -3.80. The third-order valence-corrected chi connectivity index (χ3v) is 7.92. The number of hydrogen-bond donors (Lipinski definition) is 1. The standard InChI is InChI=1S/C21H26FN5O3S/c1-13-4-5-16(10-18(13)22)31(29,30)27-9-6-15(11-27)20-24-19-12-26(14(2)28)8-7-17(19)21(23-3)25-20/h4-5,10,15H,6-9,11-12H2,1-3H3,(H,23,24,25)/t15-/m1/s1. The van der Waals surface area contributed by atoms with Gasteiger partial charge in [-0.2, -0.15) is 4.31 Å². The first-order valence-electron chi connectivity index (χ1n) is 10.3. The fraction of sp³-hybridized carbons (Fsp3) is 0.476. The van der Waals surface area contributed by atoms with E-state index in [2.05, 4.69) is 10.3 Å². The molecule has 1 N–H and O–H groups in total. The zero-order chi connectivity index (χ0) is 22.3. The van der Waals surface area contributed by atoms with Gasteiger partial charge in [0.25, 0.3) is 0 Å². The van der Waals surface area contributed by atoms with Crippen LogP contribution in [0.15, 0.2) is 23.1 Å². The van der Waals surface area contributed by atoms with E-state index in [1.807, 2.05) is 0 Å². The number of nitrogens with zero attached hydrogens (tertiary/aromatic N) is 4. The molecule has 31 heavy (non-hydrogen) atoms. The van der Waals surface area contributed by atoms with Crippen molar-refractivity contribution in [2.75, 3.05) is 32.0 Å². The quantitative estimate of drug-likeness (QED) is 0.771. The van der Waals surface area contributed by atoms with Crippen molar-refractivity contribution in [1.82, 2.24) is 19.2 Å². The van der Waals surface area contributed by atoms with Gasteiger partial charge in [0.2, 0.25) is 15.9 Å². The van der Waals surface area contributed by atoms with Crippen LogP contribution < -0.4 is 5.32 Å². The summed E-state index contributed by atoms with van der Waals surface area (Å²) in [5.74, 6) is 0.588. The topological polar surface area (TPSA) is 95.5 Å². The van der Waals surface area contributed by atoms with Gasteiger partial charge in [0.15, 0.2) is 0 Å². The van der Waals surface area contributed by atoms with E-state index in [1.165, 1.54) is 16.4 Å². The Morgan fingerprint density at radius 3 is 2.71 bits per heavy atom. The van der Waals surface area contributed by atoms with E-state index in [9.17, 15) is 17.6 Å². The molecule has 10 heteroatoms. The van der Waals surface area contributed by atoms with Gasteiger partial charge in [-0.15, -0.1) is 0 Å². The van der Waals surface area contributed by atoms with Gasteiger partial charge in [0, 0.05) is 45.1 Å². The van der Waals surface area contributed by atoms with Crippen LogP contribution in [0.4, 0.5) is 10.2 Å². The predicted molar refractivity (Wildman–Crippen MR) is 114 cm³/mol. The molecule has 0 aliphatic carbocycles. The molecule has 1 aromatic heterocycles. The number of rotatable bonds is 4. The van der Waals surface area contributed by atoms with E-state index in [0.29, 0.717) is 43.9 Å². The number of nitrogens with one attached hydrogen (secondary N) is 1. The van der Waals surface area contributed by atoms with Gasteiger partial charge in [0.05, 0.1) is 17.1 Å². The molecule has 3 heterocycles. The van der Waals surface area contributed by atoms with E-state index in [4.69, 9.17) is 4.98 Å². The molecule has 0 spiro atoms. The third kappa shape index (κ3) is 4.01. The zero-order valence-electron chi connectivity index (χ0n) is 17.9. The molecule has 1 saturated heterocycles. The van der Waals surface area contributed by atoms with Crippen molar-refractivity contribution >= 4 is 21.7 Å². The lowest BCUT2D eigenvalue weighted by atomic mass is 10.0. The number of aryl methyl sites for hydroxylation is 1. The first kappa shape index (κ1) is 21.6. The highest BCUT2D eigenvalue weighted by Gasteiger charge is 2.36. The van der Waals surface area contributed by atoms with Crippen LogP contribution in [0.2, 0.25) is 0 Å². The minimum Gasteiger partial charge on any atom is -0.373 e. The summed E-state index contributed by atoms with van der Waals surface area (Å²) in [6, 6.07) is 3.98. The summed E-state index contributed by atoms with van der Waals surface area (Å²) in [6.07, 6.45) is 1.25. The van der Waals surface area contributed by atoms with Crippen LogP contribution in [0.5, 0.6) is 0 Å². The fourth-order valence-electron chi connectivity index (χ4n) is 4.15. The number of anilines is 1. The zero-order valence-corrected chi connectivity index (χ0v) is 18.7. The number of benzene rings is 1. The summed E-state index contributed by atoms with van der Waals surface area (Å²) in [5.41, 5.74) is 2.21. The largest absolute Gasteiger partial charge is 0.373 e. The van der Waals surface area contributed by atoms with Crippen molar-refractivity contribution < 1.29 is 17.6 Å². The highest BCUT2D eigenvalue weighted by molar-refractivity contribution is 7.89. The molecular weight excluding hydrogens is 421 g/mol. The van der Waals surface area contributed by atoms with Gasteiger partial charge in [-0.25, -0.2) is 22.8 Å². The van der Waals surface area contributed by atoms with E-state index in [-0.39, 0.29) is 23.3 Å². The number of halogens is 1. The number of aromatic nitrogens is 2. The molecule has 2 aliphatic heterocycles.